The van der Waals surface area contributed by atoms with Crippen LogP contribution in [0.4, 0.5) is 0 Å². The molecule has 2 aliphatic rings. The molecule has 1 unspecified atom stereocenters. The Labute approximate surface area is 158 Å². The molecule has 0 aromatic heterocycles. The summed E-state index contributed by atoms with van der Waals surface area (Å²) >= 11 is 0. The van der Waals surface area contributed by atoms with E-state index >= 15 is 0 Å². The number of likely N-dealkylation sites (tertiary alicyclic amines) is 2. The SMILES string of the molecule is C/C=C(\C)CN1CCC2(CCCN(Cc3cccc(OC)c3OC)C2)C1. The van der Waals surface area contributed by atoms with Gasteiger partial charge >= 0.3 is 0 Å². The third-order valence-corrected chi connectivity index (χ3v) is 6.10. The summed E-state index contributed by atoms with van der Waals surface area (Å²) < 4.78 is 11.1. The number of rotatable bonds is 6. The second-order valence-corrected chi connectivity index (χ2v) is 8.06. The van der Waals surface area contributed by atoms with Gasteiger partial charge in [-0.1, -0.05) is 23.8 Å². The molecule has 1 atom stereocenters. The molecule has 26 heavy (non-hydrogen) atoms. The van der Waals surface area contributed by atoms with Crippen LogP contribution in [-0.4, -0.2) is 56.7 Å². The molecular formula is C22H34N2O2. The molecule has 1 spiro atoms. The van der Waals surface area contributed by atoms with Gasteiger partial charge in [0.2, 0.25) is 0 Å². The summed E-state index contributed by atoms with van der Waals surface area (Å²) in [6.45, 7) is 11.3. The molecular weight excluding hydrogens is 324 g/mol. The quantitative estimate of drug-likeness (QED) is 0.719. The first kappa shape index (κ1) is 19.2. The van der Waals surface area contributed by atoms with Crippen LogP contribution in [0.3, 0.4) is 0 Å². The van der Waals surface area contributed by atoms with E-state index in [1.165, 1.54) is 56.6 Å². The maximum absolute atomic E-state index is 5.63. The van der Waals surface area contributed by atoms with Crippen molar-refractivity contribution in [1.82, 2.24) is 9.80 Å². The number of piperidine rings is 1. The third-order valence-electron chi connectivity index (χ3n) is 6.10. The number of hydrogen-bond acceptors (Lipinski definition) is 4. The van der Waals surface area contributed by atoms with E-state index < -0.39 is 0 Å². The van der Waals surface area contributed by atoms with Crippen LogP contribution in [0.2, 0.25) is 0 Å². The van der Waals surface area contributed by atoms with Gasteiger partial charge in [-0.2, -0.15) is 0 Å². The van der Waals surface area contributed by atoms with E-state index in [-0.39, 0.29) is 0 Å². The van der Waals surface area contributed by atoms with Crippen LogP contribution in [0.25, 0.3) is 0 Å². The fraction of sp³-hybridized carbons (Fsp3) is 0.636. The highest BCUT2D eigenvalue weighted by atomic mass is 16.5. The molecule has 2 heterocycles. The molecule has 0 saturated carbocycles. The van der Waals surface area contributed by atoms with Crippen molar-refractivity contribution in [3.63, 3.8) is 0 Å². The summed E-state index contributed by atoms with van der Waals surface area (Å²) in [4.78, 5) is 5.26. The lowest BCUT2D eigenvalue weighted by Gasteiger charge is -2.40. The number of nitrogens with zero attached hydrogens (tertiary/aromatic N) is 2. The Bertz CT molecular complexity index is 643. The zero-order chi connectivity index (χ0) is 18.6. The maximum atomic E-state index is 5.63. The smallest absolute Gasteiger partial charge is 0.165 e. The van der Waals surface area contributed by atoms with Crippen molar-refractivity contribution in [2.45, 2.75) is 39.7 Å². The summed E-state index contributed by atoms with van der Waals surface area (Å²) in [5.74, 6) is 1.71. The second-order valence-electron chi connectivity index (χ2n) is 8.06. The van der Waals surface area contributed by atoms with Gasteiger partial charge in [-0.3, -0.25) is 9.80 Å². The van der Waals surface area contributed by atoms with Crippen molar-refractivity contribution >= 4 is 0 Å². The Balaban J connectivity index is 1.66. The van der Waals surface area contributed by atoms with Crippen molar-refractivity contribution in [1.29, 1.82) is 0 Å². The van der Waals surface area contributed by atoms with Crippen LogP contribution >= 0.6 is 0 Å². The van der Waals surface area contributed by atoms with E-state index in [9.17, 15) is 0 Å². The highest BCUT2D eigenvalue weighted by Gasteiger charge is 2.41. The first-order chi connectivity index (χ1) is 12.6. The predicted molar refractivity (Wildman–Crippen MR) is 107 cm³/mol. The molecule has 2 saturated heterocycles. The first-order valence-corrected chi connectivity index (χ1v) is 9.85. The highest BCUT2D eigenvalue weighted by molar-refractivity contribution is 5.46. The summed E-state index contributed by atoms with van der Waals surface area (Å²) in [5, 5.41) is 0. The Hall–Kier alpha value is -1.52. The molecule has 2 aliphatic heterocycles. The Morgan fingerprint density at radius 3 is 2.65 bits per heavy atom. The second kappa shape index (κ2) is 8.45. The average Bonchev–Trinajstić information content (AvgIpc) is 3.02. The molecule has 144 valence electrons. The van der Waals surface area contributed by atoms with Gasteiger partial charge in [0.25, 0.3) is 0 Å². The van der Waals surface area contributed by atoms with Gasteiger partial charge in [0.1, 0.15) is 0 Å². The topological polar surface area (TPSA) is 24.9 Å². The van der Waals surface area contributed by atoms with Crippen molar-refractivity contribution < 1.29 is 9.47 Å². The lowest BCUT2D eigenvalue weighted by Crippen LogP contribution is -2.44. The molecule has 2 fully saturated rings. The number of allylic oxidation sites excluding steroid dienone is 1. The fourth-order valence-corrected chi connectivity index (χ4v) is 4.70. The molecule has 1 aromatic rings. The van der Waals surface area contributed by atoms with Crippen LogP contribution in [0.1, 0.15) is 38.7 Å². The summed E-state index contributed by atoms with van der Waals surface area (Å²) in [5.41, 5.74) is 3.18. The molecule has 0 N–H and O–H groups in total. The summed E-state index contributed by atoms with van der Waals surface area (Å²) in [6, 6.07) is 6.20. The van der Waals surface area contributed by atoms with Crippen LogP contribution < -0.4 is 9.47 Å². The van der Waals surface area contributed by atoms with Gasteiger partial charge in [0.05, 0.1) is 14.2 Å². The van der Waals surface area contributed by atoms with Gasteiger partial charge in [0, 0.05) is 31.7 Å². The minimum Gasteiger partial charge on any atom is -0.493 e. The van der Waals surface area contributed by atoms with E-state index in [0.717, 1.165) is 24.6 Å². The zero-order valence-corrected chi connectivity index (χ0v) is 16.9. The first-order valence-electron chi connectivity index (χ1n) is 9.85. The number of ether oxygens (including phenoxy) is 2. The van der Waals surface area contributed by atoms with Crippen LogP contribution in [0.15, 0.2) is 29.8 Å². The molecule has 3 rings (SSSR count). The molecule has 4 heteroatoms. The molecule has 0 amide bonds. The molecule has 0 aliphatic carbocycles. The average molecular weight is 359 g/mol. The van der Waals surface area contributed by atoms with E-state index in [0.29, 0.717) is 5.41 Å². The van der Waals surface area contributed by atoms with Crippen LogP contribution in [0.5, 0.6) is 11.5 Å². The highest BCUT2D eigenvalue weighted by Crippen LogP contribution is 2.40. The predicted octanol–water partition coefficient (Wildman–Crippen LogP) is 3.96. The van der Waals surface area contributed by atoms with Crippen molar-refractivity contribution in [3.05, 3.63) is 35.4 Å². The van der Waals surface area contributed by atoms with Gasteiger partial charge in [-0.05, 0) is 57.7 Å². The number of methoxy groups -OCH3 is 2. The van der Waals surface area contributed by atoms with Gasteiger partial charge in [0.15, 0.2) is 11.5 Å². The lowest BCUT2D eigenvalue weighted by molar-refractivity contribution is 0.0876. The molecule has 0 bridgehead atoms. The molecule has 4 nitrogen and oxygen atoms in total. The van der Waals surface area contributed by atoms with E-state index in [4.69, 9.17) is 9.47 Å². The number of hydrogen-bond donors (Lipinski definition) is 0. The van der Waals surface area contributed by atoms with Crippen LogP contribution in [0, 0.1) is 5.41 Å². The molecule has 0 radical (unpaired) electrons. The standard InChI is InChI=1S/C22H34N2O2/c1-5-18(2)14-24-13-11-22(17-24)10-7-12-23(16-22)15-19-8-6-9-20(25-3)21(19)26-4/h5-6,8-9H,7,10-17H2,1-4H3/b18-5+. The van der Waals surface area contributed by atoms with E-state index in [2.05, 4.69) is 41.9 Å². The Kier molecular flexibility index (Phi) is 6.25. The fourth-order valence-electron chi connectivity index (χ4n) is 4.70. The molecule has 1 aromatic carbocycles. The maximum Gasteiger partial charge on any atom is 0.165 e. The van der Waals surface area contributed by atoms with Crippen molar-refractivity contribution in [3.8, 4) is 11.5 Å². The van der Waals surface area contributed by atoms with Gasteiger partial charge < -0.3 is 9.47 Å². The number of para-hydroxylation sites is 1. The summed E-state index contributed by atoms with van der Waals surface area (Å²) in [7, 11) is 3.44. The summed E-state index contributed by atoms with van der Waals surface area (Å²) in [6.07, 6.45) is 6.23. The van der Waals surface area contributed by atoms with Crippen molar-refractivity contribution in [2.75, 3.05) is 46.9 Å². The minimum absolute atomic E-state index is 0.471. The minimum atomic E-state index is 0.471. The third kappa shape index (κ3) is 4.24. The van der Waals surface area contributed by atoms with Gasteiger partial charge in [-0.25, -0.2) is 0 Å². The lowest BCUT2D eigenvalue weighted by atomic mass is 9.79. The monoisotopic (exact) mass is 358 g/mol. The van der Waals surface area contributed by atoms with E-state index in [1.54, 1.807) is 14.2 Å². The van der Waals surface area contributed by atoms with E-state index in [1.807, 2.05) is 6.07 Å². The van der Waals surface area contributed by atoms with Gasteiger partial charge in [-0.15, -0.1) is 0 Å². The zero-order valence-electron chi connectivity index (χ0n) is 16.9. The normalized spacial score (nSPS) is 25.0. The largest absolute Gasteiger partial charge is 0.493 e. The Morgan fingerprint density at radius 1 is 1.12 bits per heavy atom. The number of benzene rings is 1. The van der Waals surface area contributed by atoms with Crippen molar-refractivity contribution in [2.24, 2.45) is 5.41 Å². The Morgan fingerprint density at radius 2 is 1.92 bits per heavy atom. The van der Waals surface area contributed by atoms with Crippen LogP contribution in [-0.2, 0) is 6.54 Å².